The number of nitrogens with zero attached hydrogens (tertiary/aromatic N) is 1. The highest BCUT2D eigenvalue weighted by Gasteiger charge is 2.31. The van der Waals surface area contributed by atoms with Crippen LogP contribution in [0.15, 0.2) is 42.5 Å². The Balaban J connectivity index is 1.74. The van der Waals surface area contributed by atoms with Crippen LogP contribution in [0.4, 0.5) is 0 Å². The maximum Gasteiger partial charge on any atom is 0.257 e. The van der Waals surface area contributed by atoms with E-state index in [0.717, 1.165) is 12.8 Å². The number of Topliss-reactive ketones (excluding diaryl/α,β-unsaturated/α-hetero) is 1. The van der Waals surface area contributed by atoms with Crippen molar-refractivity contribution in [2.75, 3.05) is 34.4 Å². The second-order valence-electron chi connectivity index (χ2n) is 7.50. The highest BCUT2D eigenvalue weighted by atomic mass is 16.5. The summed E-state index contributed by atoms with van der Waals surface area (Å²) in [6.45, 7) is 0.629. The van der Waals surface area contributed by atoms with Crippen molar-refractivity contribution in [3.63, 3.8) is 0 Å². The lowest BCUT2D eigenvalue weighted by molar-refractivity contribution is -0.126. The zero-order chi connectivity index (χ0) is 23.1. The molecule has 1 heterocycles. The van der Waals surface area contributed by atoms with E-state index in [1.54, 1.807) is 42.5 Å². The molecule has 1 saturated heterocycles. The second kappa shape index (κ2) is 10.8. The van der Waals surface area contributed by atoms with Gasteiger partial charge in [0.15, 0.2) is 17.3 Å². The minimum Gasteiger partial charge on any atom is -0.493 e. The molecular weight excluding hydrogens is 412 g/mol. The zero-order valence-electron chi connectivity index (χ0n) is 18.6. The summed E-state index contributed by atoms with van der Waals surface area (Å²) in [5.41, 5.74) is 0.807. The Labute approximate surface area is 187 Å². The third-order valence-corrected chi connectivity index (χ3v) is 5.52. The predicted molar refractivity (Wildman–Crippen MR) is 119 cm³/mol. The monoisotopic (exact) mass is 440 g/mol. The van der Waals surface area contributed by atoms with Crippen molar-refractivity contribution >= 4 is 17.6 Å². The number of imide groups is 1. The third kappa shape index (κ3) is 5.26. The van der Waals surface area contributed by atoms with E-state index in [9.17, 15) is 14.4 Å². The van der Waals surface area contributed by atoms with Crippen LogP contribution >= 0.6 is 0 Å². The summed E-state index contributed by atoms with van der Waals surface area (Å²) in [6.07, 6.45) is 2.31. The number of ether oxygens (including phenoxy) is 3. The van der Waals surface area contributed by atoms with Gasteiger partial charge in [-0.05, 0) is 43.7 Å². The summed E-state index contributed by atoms with van der Waals surface area (Å²) < 4.78 is 16.0. The zero-order valence-corrected chi connectivity index (χ0v) is 18.6. The molecule has 2 aromatic rings. The topological polar surface area (TPSA) is 94.2 Å². The van der Waals surface area contributed by atoms with Gasteiger partial charge >= 0.3 is 0 Å². The van der Waals surface area contributed by atoms with E-state index in [1.807, 2.05) is 4.90 Å². The normalized spacial score (nSPS) is 16.2. The molecule has 2 aromatic carbocycles. The molecule has 1 aliphatic rings. The highest BCUT2D eigenvalue weighted by Crippen LogP contribution is 2.38. The quantitative estimate of drug-likeness (QED) is 0.498. The standard InChI is InChI=1S/C24H28N2O6/c1-30-20-13-17(14-21(31-2)22(20)32-3)19(27)15-26-12-8-7-11-18(26)24(29)25-23(28)16-9-5-4-6-10-16/h4-6,9-10,13-14,18H,7-8,11-12,15H2,1-3H3,(H,25,28,29)/t18-/m0/s1. The van der Waals surface area contributed by atoms with Gasteiger partial charge in [0, 0.05) is 11.1 Å². The first kappa shape index (κ1) is 23.3. The van der Waals surface area contributed by atoms with Crippen molar-refractivity contribution in [3.8, 4) is 17.2 Å². The minimum atomic E-state index is -0.553. The molecule has 0 radical (unpaired) electrons. The lowest BCUT2D eigenvalue weighted by atomic mass is 9.99. The summed E-state index contributed by atoms with van der Waals surface area (Å²) in [7, 11) is 4.47. The molecule has 1 N–H and O–H groups in total. The number of nitrogens with one attached hydrogen (secondary N) is 1. The molecular formula is C24H28N2O6. The van der Waals surface area contributed by atoms with Crippen LogP contribution in [0.3, 0.4) is 0 Å². The molecule has 0 spiro atoms. The number of likely N-dealkylation sites (tertiary alicyclic amines) is 1. The number of piperidine rings is 1. The minimum absolute atomic E-state index is 0.0379. The van der Waals surface area contributed by atoms with E-state index in [1.165, 1.54) is 21.3 Å². The molecule has 0 unspecified atom stereocenters. The van der Waals surface area contributed by atoms with Crippen LogP contribution in [0.2, 0.25) is 0 Å². The molecule has 8 nitrogen and oxygen atoms in total. The number of amides is 2. The van der Waals surface area contributed by atoms with Gasteiger partial charge in [0.2, 0.25) is 11.7 Å². The molecule has 1 aliphatic heterocycles. The van der Waals surface area contributed by atoms with Crippen molar-refractivity contribution in [3.05, 3.63) is 53.6 Å². The Morgan fingerprint density at radius 3 is 2.19 bits per heavy atom. The van der Waals surface area contributed by atoms with E-state index in [2.05, 4.69) is 5.32 Å². The number of rotatable bonds is 8. The average Bonchev–Trinajstić information content (AvgIpc) is 2.83. The number of carbonyl (C=O) groups excluding carboxylic acids is 3. The molecule has 32 heavy (non-hydrogen) atoms. The van der Waals surface area contributed by atoms with Gasteiger partial charge in [0.25, 0.3) is 5.91 Å². The van der Waals surface area contributed by atoms with Crippen LogP contribution in [0.25, 0.3) is 0 Å². The third-order valence-electron chi connectivity index (χ3n) is 5.52. The van der Waals surface area contributed by atoms with Crippen molar-refractivity contribution < 1.29 is 28.6 Å². The molecule has 0 saturated carbocycles. The van der Waals surface area contributed by atoms with Gasteiger partial charge in [-0.3, -0.25) is 24.6 Å². The first-order valence-electron chi connectivity index (χ1n) is 10.5. The fourth-order valence-corrected chi connectivity index (χ4v) is 3.85. The second-order valence-corrected chi connectivity index (χ2v) is 7.50. The van der Waals surface area contributed by atoms with Gasteiger partial charge in [-0.25, -0.2) is 0 Å². The summed E-state index contributed by atoms with van der Waals surface area (Å²) in [4.78, 5) is 40.1. The Kier molecular flexibility index (Phi) is 7.83. The smallest absolute Gasteiger partial charge is 0.257 e. The Hall–Kier alpha value is -3.39. The summed E-state index contributed by atoms with van der Waals surface area (Å²) in [5, 5.41) is 2.47. The number of hydrogen-bond donors (Lipinski definition) is 1. The number of benzene rings is 2. The first-order chi connectivity index (χ1) is 15.5. The fraction of sp³-hybridized carbons (Fsp3) is 0.375. The van der Waals surface area contributed by atoms with Gasteiger partial charge < -0.3 is 14.2 Å². The van der Waals surface area contributed by atoms with Gasteiger partial charge in [-0.2, -0.15) is 0 Å². The predicted octanol–water partition coefficient (Wildman–Crippen LogP) is 2.71. The maximum absolute atomic E-state index is 13.1. The van der Waals surface area contributed by atoms with Gasteiger partial charge in [-0.15, -0.1) is 0 Å². The largest absolute Gasteiger partial charge is 0.493 e. The van der Waals surface area contributed by atoms with Crippen LogP contribution in [-0.2, 0) is 4.79 Å². The SMILES string of the molecule is COc1cc(C(=O)CN2CCCC[C@H]2C(=O)NC(=O)c2ccccc2)cc(OC)c1OC. The number of ketones is 1. The average molecular weight is 440 g/mol. The summed E-state index contributed by atoms with van der Waals surface area (Å²) in [6, 6.07) is 11.2. The van der Waals surface area contributed by atoms with Crippen molar-refractivity contribution in [1.82, 2.24) is 10.2 Å². The Bertz CT molecular complexity index is 951. The lowest BCUT2D eigenvalue weighted by Gasteiger charge is -2.33. The molecule has 1 fully saturated rings. The lowest BCUT2D eigenvalue weighted by Crippen LogP contribution is -2.52. The van der Waals surface area contributed by atoms with Crippen molar-refractivity contribution in [2.24, 2.45) is 0 Å². The van der Waals surface area contributed by atoms with E-state index in [4.69, 9.17) is 14.2 Å². The molecule has 0 bridgehead atoms. The van der Waals surface area contributed by atoms with E-state index in [0.29, 0.717) is 41.3 Å². The summed E-state index contributed by atoms with van der Waals surface area (Å²) in [5.74, 6) is 0.154. The van der Waals surface area contributed by atoms with Crippen molar-refractivity contribution in [2.45, 2.75) is 25.3 Å². The first-order valence-corrected chi connectivity index (χ1v) is 10.5. The van der Waals surface area contributed by atoms with Crippen molar-refractivity contribution in [1.29, 1.82) is 0 Å². The number of hydrogen-bond acceptors (Lipinski definition) is 7. The number of carbonyl (C=O) groups is 3. The summed E-state index contributed by atoms with van der Waals surface area (Å²) >= 11 is 0. The van der Waals surface area contributed by atoms with Crippen LogP contribution < -0.4 is 19.5 Å². The van der Waals surface area contributed by atoms with Gasteiger partial charge in [-0.1, -0.05) is 24.6 Å². The Morgan fingerprint density at radius 2 is 1.59 bits per heavy atom. The van der Waals surface area contributed by atoms with E-state index in [-0.39, 0.29) is 12.3 Å². The van der Waals surface area contributed by atoms with Crippen LogP contribution in [0, 0.1) is 0 Å². The molecule has 1 atom stereocenters. The van der Waals surface area contributed by atoms with Crippen LogP contribution in [0.1, 0.15) is 40.0 Å². The van der Waals surface area contributed by atoms with Crippen LogP contribution in [-0.4, -0.2) is 63.0 Å². The number of methoxy groups -OCH3 is 3. The molecule has 3 rings (SSSR count). The van der Waals surface area contributed by atoms with E-state index < -0.39 is 17.9 Å². The van der Waals surface area contributed by atoms with Gasteiger partial charge in [0.05, 0.1) is 33.9 Å². The molecule has 8 heteroatoms. The molecule has 170 valence electrons. The molecule has 0 aliphatic carbocycles. The van der Waals surface area contributed by atoms with Crippen LogP contribution in [0.5, 0.6) is 17.2 Å². The fourth-order valence-electron chi connectivity index (χ4n) is 3.85. The highest BCUT2D eigenvalue weighted by molar-refractivity contribution is 6.06. The molecule has 0 aromatic heterocycles. The van der Waals surface area contributed by atoms with Gasteiger partial charge in [0.1, 0.15) is 0 Å². The molecule has 2 amide bonds. The Morgan fingerprint density at radius 1 is 0.938 bits per heavy atom. The maximum atomic E-state index is 13.1. The van der Waals surface area contributed by atoms with E-state index >= 15 is 0 Å².